The highest BCUT2D eigenvalue weighted by atomic mass is 19.1. The zero-order valence-electron chi connectivity index (χ0n) is 18.0. The number of esters is 1. The summed E-state index contributed by atoms with van der Waals surface area (Å²) in [6.07, 6.45) is 1.83. The van der Waals surface area contributed by atoms with E-state index in [4.69, 9.17) is 9.47 Å². The number of unbranched alkanes of at least 4 members (excludes halogenated alkanes) is 1. The van der Waals surface area contributed by atoms with E-state index in [1.807, 2.05) is 6.07 Å². The van der Waals surface area contributed by atoms with Gasteiger partial charge in [-0.2, -0.15) is 0 Å². The summed E-state index contributed by atoms with van der Waals surface area (Å²) < 4.78 is 26.9. The molecular formula is C24H30FNO3. The van der Waals surface area contributed by atoms with E-state index in [1.165, 1.54) is 0 Å². The lowest BCUT2D eigenvalue weighted by Crippen LogP contribution is -2.36. The fourth-order valence-electron chi connectivity index (χ4n) is 3.54. The van der Waals surface area contributed by atoms with Gasteiger partial charge >= 0.3 is 5.97 Å². The predicted molar refractivity (Wildman–Crippen MR) is 112 cm³/mol. The van der Waals surface area contributed by atoms with Gasteiger partial charge in [-0.1, -0.05) is 31.5 Å². The van der Waals surface area contributed by atoms with Gasteiger partial charge < -0.3 is 9.47 Å². The van der Waals surface area contributed by atoms with Crippen LogP contribution in [0.2, 0.25) is 0 Å². The minimum atomic E-state index is -0.587. The van der Waals surface area contributed by atoms with Gasteiger partial charge in [0.1, 0.15) is 22.9 Å². The molecule has 0 spiro atoms. The molecule has 2 aromatic rings. The third-order valence-electron chi connectivity index (χ3n) is 5.38. The summed E-state index contributed by atoms with van der Waals surface area (Å²) in [4.78, 5) is 15.2. The second-order valence-electron chi connectivity index (χ2n) is 8.53. The Morgan fingerprint density at radius 2 is 1.79 bits per heavy atom. The lowest BCUT2D eigenvalue weighted by Gasteiger charge is -2.31. The van der Waals surface area contributed by atoms with E-state index in [2.05, 4.69) is 32.6 Å². The van der Waals surface area contributed by atoms with Gasteiger partial charge in [-0.3, -0.25) is 4.90 Å². The van der Waals surface area contributed by atoms with Crippen molar-refractivity contribution in [3.05, 3.63) is 58.4 Å². The SMILES string of the molecule is CCCCOc1c2c(c(F)c(C)c1C(=O)Oc1ccccc1)CN(C(C)(C)C)C2. The number of nitrogens with zero attached hydrogens (tertiary/aromatic N) is 1. The highest BCUT2D eigenvalue weighted by Gasteiger charge is 2.36. The molecule has 3 rings (SSSR count). The van der Waals surface area contributed by atoms with Crippen LogP contribution in [0, 0.1) is 12.7 Å². The van der Waals surface area contributed by atoms with E-state index < -0.39 is 5.97 Å². The molecule has 0 amide bonds. The summed E-state index contributed by atoms with van der Waals surface area (Å²) in [6.45, 7) is 11.5. The zero-order valence-corrected chi connectivity index (χ0v) is 18.0. The van der Waals surface area contributed by atoms with E-state index in [1.54, 1.807) is 31.2 Å². The van der Waals surface area contributed by atoms with Crippen molar-refractivity contribution in [3.63, 3.8) is 0 Å². The van der Waals surface area contributed by atoms with Crippen LogP contribution < -0.4 is 9.47 Å². The monoisotopic (exact) mass is 399 g/mol. The van der Waals surface area contributed by atoms with Crippen molar-refractivity contribution in [2.75, 3.05) is 6.61 Å². The lowest BCUT2D eigenvalue weighted by molar-refractivity contribution is 0.0728. The first-order valence-corrected chi connectivity index (χ1v) is 10.2. The smallest absolute Gasteiger partial charge is 0.347 e. The van der Waals surface area contributed by atoms with Gasteiger partial charge in [0.05, 0.1) is 6.61 Å². The number of fused-ring (bicyclic) bond motifs is 1. The number of rotatable bonds is 6. The van der Waals surface area contributed by atoms with E-state index in [-0.39, 0.29) is 22.5 Å². The first-order chi connectivity index (χ1) is 13.7. The number of halogens is 1. The van der Waals surface area contributed by atoms with Crippen LogP contribution in [0.25, 0.3) is 0 Å². The number of carbonyl (C=O) groups excluding carboxylic acids is 1. The Hall–Kier alpha value is -2.40. The number of ether oxygens (including phenoxy) is 2. The molecule has 0 bridgehead atoms. The van der Waals surface area contributed by atoms with Crippen LogP contribution in [-0.4, -0.2) is 23.0 Å². The molecule has 0 N–H and O–H groups in total. The minimum absolute atomic E-state index is 0.120. The van der Waals surface area contributed by atoms with Crippen molar-refractivity contribution in [1.29, 1.82) is 0 Å². The molecule has 0 saturated carbocycles. The molecule has 0 unspecified atom stereocenters. The fourth-order valence-corrected chi connectivity index (χ4v) is 3.54. The van der Waals surface area contributed by atoms with Gasteiger partial charge in [0, 0.05) is 35.3 Å². The number of hydrogen-bond acceptors (Lipinski definition) is 4. The topological polar surface area (TPSA) is 38.8 Å². The molecule has 1 heterocycles. The maximum absolute atomic E-state index is 15.3. The standard InChI is InChI=1S/C24H30FNO3/c1-6-7-13-28-22-19-15-26(24(3,4)5)14-18(19)21(25)16(2)20(22)23(27)29-17-11-9-8-10-12-17/h8-12H,6-7,13-15H2,1-5H3. The summed E-state index contributed by atoms with van der Waals surface area (Å²) in [6, 6.07) is 8.83. The number of hydrogen-bond donors (Lipinski definition) is 0. The maximum Gasteiger partial charge on any atom is 0.347 e. The molecule has 1 aliphatic heterocycles. The third kappa shape index (κ3) is 4.45. The van der Waals surface area contributed by atoms with E-state index in [9.17, 15) is 4.79 Å². The van der Waals surface area contributed by atoms with E-state index in [0.29, 0.717) is 36.8 Å². The summed E-state index contributed by atoms with van der Waals surface area (Å²) in [5.41, 5.74) is 1.74. The van der Waals surface area contributed by atoms with Gasteiger partial charge in [0.25, 0.3) is 0 Å². The van der Waals surface area contributed by atoms with E-state index >= 15 is 4.39 Å². The Kier molecular flexibility index (Phi) is 6.27. The first-order valence-electron chi connectivity index (χ1n) is 10.2. The number of carbonyl (C=O) groups is 1. The van der Waals surface area contributed by atoms with Crippen molar-refractivity contribution < 1.29 is 18.7 Å². The molecule has 0 atom stereocenters. The molecule has 29 heavy (non-hydrogen) atoms. The number of para-hydroxylation sites is 1. The third-order valence-corrected chi connectivity index (χ3v) is 5.38. The van der Waals surface area contributed by atoms with Crippen LogP contribution in [0.4, 0.5) is 4.39 Å². The highest BCUT2D eigenvalue weighted by molar-refractivity contribution is 5.96. The van der Waals surface area contributed by atoms with E-state index in [0.717, 1.165) is 18.4 Å². The van der Waals surface area contributed by atoms with Crippen molar-refractivity contribution in [3.8, 4) is 11.5 Å². The van der Waals surface area contributed by atoms with Gasteiger partial charge in [-0.05, 0) is 46.2 Å². The van der Waals surface area contributed by atoms with Crippen LogP contribution in [-0.2, 0) is 13.1 Å². The molecule has 0 aliphatic carbocycles. The first kappa shape index (κ1) is 21.3. The Balaban J connectivity index is 2.05. The largest absolute Gasteiger partial charge is 0.492 e. The average molecular weight is 400 g/mol. The summed E-state index contributed by atoms with van der Waals surface area (Å²) in [5.74, 6) is -0.0284. The normalized spacial score (nSPS) is 14.0. The molecule has 5 heteroatoms. The molecule has 4 nitrogen and oxygen atoms in total. The quantitative estimate of drug-likeness (QED) is 0.358. The molecule has 156 valence electrons. The van der Waals surface area contributed by atoms with Crippen molar-refractivity contribution in [1.82, 2.24) is 4.90 Å². The van der Waals surface area contributed by atoms with Gasteiger partial charge in [0.2, 0.25) is 0 Å². The lowest BCUT2D eigenvalue weighted by atomic mass is 9.98. The second kappa shape index (κ2) is 8.54. The Labute approximate surface area is 172 Å². The molecule has 1 aliphatic rings. The Bertz CT molecular complexity index is 887. The van der Waals surface area contributed by atoms with Crippen molar-refractivity contribution >= 4 is 5.97 Å². The average Bonchev–Trinajstić information content (AvgIpc) is 3.12. The van der Waals surface area contributed by atoms with Crippen molar-refractivity contribution in [2.24, 2.45) is 0 Å². The minimum Gasteiger partial charge on any atom is -0.492 e. The van der Waals surface area contributed by atoms with Crippen LogP contribution >= 0.6 is 0 Å². The van der Waals surface area contributed by atoms with Crippen molar-refractivity contribution in [2.45, 2.75) is 66.1 Å². The summed E-state index contributed by atoms with van der Waals surface area (Å²) in [7, 11) is 0. The van der Waals surface area contributed by atoms with Crippen LogP contribution in [0.15, 0.2) is 30.3 Å². The van der Waals surface area contributed by atoms with Gasteiger partial charge in [-0.25, -0.2) is 9.18 Å². The van der Waals surface area contributed by atoms with Crippen LogP contribution in [0.5, 0.6) is 11.5 Å². The molecule has 0 saturated heterocycles. The fraction of sp³-hybridized carbons (Fsp3) is 0.458. The molecule has 2 aromatic carbocycles. The maximum atomic E-state index is 15.3. The van der Waals surface area contributed by atoms with Gasteiger partial charge in [0.15, 0.2) is 0 Å². The summed E-state index contributed by atoms with van der Waals surface area (Å²) >= 11 is 0. The second-order valence-corrected chi connectivity index (χ2v) is 8.53. The van der Waals surface area contributed by atoms with Crippen LogP contribution in [0.3, 0.4) is 0 Å². The molecule has 0 aromatic heterocycles. The molecular weight excluding hydrogens is 369 g/mol. The predicted octanol–water partition coefficient (Wildman–Crippen LogP) is 5.65. The van der Waals surface area contributed by atoms with Crippen LogP contribution in [0.1, 0.15) is 67.6 Å². The zero-order chi connectivity index (χ0) is 21.2. The molecule has 0 fully saturated rings. The highest BCUT2D eigenvalue weighted by Crippen LogP contribution is 2.41. The summed E-state index contributed by atoms with van der Waals surface area (Å²) in [5, 5.41) is 0. The Morgan fingerprint density at radius 3 is 2.41 bits per heavy atom. The molecule has 0 radical (unpaired) electrons. The van der Waals surface area contributed by atoms with Gasteiger partial charge in [-0.15, -0.1) is 0 Å². The number of benzene rings is 2. The Morgan fingerprint density at radius 1 is 1.14 bits per heavy atom.